The Morgan fingerprint density at radius 1 is 1.39 bits per heavy atom. The zero-order valence-electron chi connectivity index (χ0n) is 10.8. The zero-order chi connectivity index (χ0) is 13.0. The van der Waals surface area contributed by atoms with Gasteiger partial charge in [-0.1, -0.05) is 12.8 Å². The standard InChI is InChI=1S/C14H21NO2S/c1-2-17-10-7-8-11(15)14(9-10)18-13-6-4-3-5-12(13)16/h7-9,12-13,16H,2-6,15H2,1H3. The molecule has 2 unspecified atom stereocenters. The molecule has 0 heterocycles. The first-order valence-electron chi connectivity index (χ1n) is 6.57. The van der Waals surface area contributed by atoms with Gasteiger partial charge in [0.15, 0.2) is 0 Å². The molecule has 0 aliphatic heterocycles. The second kappa shape index (κ2) is 6.34. The van der Waals surface area contributed by atoms with Crippen LogP contribution in [0.5, 0.6) is 5.75 Å². The van der Waals surface area contributed by atoms with Gasteiger partial charge in [-0.15, -0.1) is 11.8 Å². The fraction of sp³-hybridized carbons (Fsp3) is 0.571. The molecule has 0 radical (unpaired) electrons. The predicted octanol–water partition coefficient (Wildman–Crippen LogP) is 3.06. The maximum Gasteiger partial charge on any atom is 0.120 e. The van der Waals surface area contributed by atoms with Crippen LogP contribution in [0.3, 0.4) is 0 Å². The van der Waals surface area contributed by atoms with Crippen molar-refractivity contribution < 1.29 is 9.84 Å². The van der Waals surface area contributed by atoms with Crippen LogP contribution < -0.4 is 10.5 Å². The van der Waals surface area contributed by atoms with Crippen molar-refractivity contribution in [2.24, 2.45) is 0 Å². The van der Waals surface area contributed by atoms with Gasteiger partial charge in [-0.2, -0.15) is 0 Å². The molecule has 1 aliphatic carbocycles. The van der Waals surface area contributed by atoms with E-state index in [1.807, 2.05) is 25.1 Å². The van der Waals surface area contributed by atoms with Crippen LogP contribution in [0.25, 0.3) is 0 Å². The first kappa shape index (κ1) is 13.6. The van der Waals surface area contributed by atoms with Crippen molar-refractivity contribution in [1.82, 2.24) is 0 Å². The molecule has 1 aliphatic rings. The van der Waals surface area contributed by atoms with E-state index in [-0.39, 0.29) is 11.4 Å². The number of benzene rings is 1. The molecule has 2 rings (SSSR count). The maximum absolute atomic E-state index is 10.0. The minimum absolute atomic E-state index is 0.209. The highest BCUT2D eigenvalue weighted by atomic mass is 32.2. The van der Waals surface area contributed by atoms with Crippen LogP contribution in [0.15, 0.2) is 23.1 Å². The number of aliphatic hydroxyl groups excluding tert-OH is 1. The fourth-order valence-corrected chi connectivity index (χ4v) is 3.54. The van der Waals surface area contributed by atoms with E-state index >= 15 is 0 Å². The molecule has 4 heteroatoms. The topological polar surface area (TPSA) is 55.5 Å². The maximum atomic E-state index is 10.0. The summed E-state index contributed by atoms with van der Waals surface area (Å²) in [4.78, 5) is 1.02. The molecule has 0 spiro atoms. The lowest BCUT2D eigenvalue weighted by molar-refractivity contribution is 0.137. The minimum Gasteiger partial charge on any atom is -0.494 e. The summed E-state index contributed by atoms with van der Waals surface area (Å²) in [7, 11) is 0. The molecular formula is C14H21NO2S. The number of hydrogen-bond acceptors (Lipinski definition) is 4. The summed E-state index contributed by atoms with van der Waals surface area (Å²) in [6.07, 6.45) is 4.08. The number of nitrogens with two attached hydrogens (primary N) is 1. The van der Waals surface area contributed by atoms with Crippen LogP contribution in [-0.2, 0) is 0 Å². The molecule has 2 atom stereocenters. The summed E-state index contributed by atoms with van der Waals surface area (Å²) >= 11 is 1.68. The second-order valence-electron chi connectivity index (χ2n) is 4.64. The summed E-state index contributed by atoms with van der Waals surface area (Å²) < 4.78 is 5.49. The molecule has 1 aromatic rings. The monoisotopic (exact) mass is 267 g/mol. The Labute approximate surface area is 113 Å². The average molecular weight is 267 g/mol. The second-order valence-corrected chi connectivity index (χ2v) is 5.92. The molecule has 100 valence electrons. The lowest BCUT2D eigenvalue weighted by Gasteiger charge is -2.27. The normalized spacial score (nSPS) is 23.9. The van der Waals surface area contributed by atoms with Gasteiger partial charge in [0.25, 0.3) is 0 Å². The quantitative estimate of drug-likeness (QED) is 0.823. The van der Waals surface area contributed by atoms with Gasteiger partial charge >= 0.3 is 0 Å². The third-order valence-electron chi connectivity index (χ3n) is 3.24. The number of thioether (sulfide) groups is 1. The molecule has 0 aromatic heterocycles. The van der Waals surface area contributed by atoms with Gasteiger partial charge < -0.3 is 15.6 Å². The first-order chi connectivity index (χ1) is 8.70. The van der Waals surface area contributed by atoms with E-state index in [1.54, 1.807) is 11.8 Å². The number of anilines is 1. The fourth-order valence-electron chi connectivity index (χ4n) is 2.25. The van der Waals surface area contributed by atoms with Crippen molar-refractivity contribution >= 4 is 17.4 Å². The van der Waals surface area contributed by atoms with Crippen LogP contribution in [-0.4, -0.2) is 23.1 Å². The first-order valence-corrected chi connectivity index (χ1v) is 7.45. The number of hydrogen-bond donors (Lipinski definition) is 2. The summed E-state index contributed by atoms with van der Waals surface area (Å²) in [6.45, 7) is 2.62. The van der Waals surface area contributed by atoms with E-state index in [0.29, 0.717) is 6.61 Å². The van der Waals surface area contributed by atoms with E-state index in [2.05, 4.69) is 0 Å². The Bertz CT molecular complexity index is 397. The van der Waals surface area contributed by atoms with Crippen molar-refractivity contribution in [1.29, 1.82) is 0 Å². The Balaban J connectivity index is 2.09. The van der Waals surface area contributed by atoms with E-state index in [4.69, 9.17) is 10.5 Å². The van der Waals surface area contributed by atoms with E-state index in [1.165, 1.54) is 6.42 Å². The number of aliphatic hydroxyl groups is 1. The van der Waals surface area contributed by atoms with E-state index in [9.17, 15) is 5.11 Å². The van der Waals surface area contributed by atoms with E-state index in [0.717, 1.165) is 35.6 Å². The third-order valence-corrected chi connectivity index (χ3v) is 4.70. The van der Waals surface area contributed by atoms with Gasteiger partial charge in [0.2, 0.25) is 0 Å². The van der Waals surface area contributed by atoms with Crippen molar-refractivity contribution in [2.75, 3.05) is 12.3 Å². The van der Waals surface area contributed by atoms with Crippen molar-refractivity contribution in [3.63, 3.8) is 0 Å². The number of rotatable bonds is 4. The predicted molar refractivity (Wildman–Crippen MR) is 76.1 cm³/mol. The van der Waals surface area contributed by atoms with Gasteiger partial charge in [0, 0.05) is 15.8 Å². The molecule has 1 saturated carbocycles. The molecule has 0 saturated heterocycles. The Morgan fingerprint density at radius 3 is 2.89 bits per heavy atom. The van der Waals surface area contributed by atoms with E-state index < -0.39 is 0 Å². The zero-order valence-corrected chi connectivity index (χ0v) is 11.6. The van der Waals surface area contributed by atoms with Crippen LogP contribution in [0, 0.1) is 0 Å². The number of nitrogen functional groups attached to an aromatic ring is 1. The van der Waals surface area contributed by atoms with Gasteiger partial charge in [0.1, 0.15) is 5.75 Å². The van der Waals surface area contributed by atoms with Crippen molar-refractivity contribution in [3.8, 4) is 5.75 Å². The van der Waals surface area contributed by atoms with Gasteiger partial charge in [-0.05, 0) is 38.0 Å². The number of ether oxygens (including phenoxy) is 1. The van der Waals surface area contributed by atoms with Crippen LogP contribution >= 0.6 is 11.8 Å². The molecule has 3 N–H and O–H groups in total. The molecule has 1 fully saturated rings. The minimum atomic E-state index is -0.209. The Morgan fingerprint density at radius 2 is 2.17 bits per heavy atom. The van der Waals surface area contributed by atoms with Gasteiger partial charge in [0.05, 0.1) is 12.7 Å². The summed E-state index contributed by atoms with van der Waals surface area (Å²) in [5, 5.41) is 10.3. The van der Waals surface area contributed by atoms with Gasteiger partial charge in [-0.25, -0.2) is 0 Å². The highest BCUT2D eigenvalue weighted by molar-refractivity contribution is 8.00. The summed E-state index contributed by atoms with van der Waals surface area (Å²) in [5.41, 5.74) is 6.76. The molecule has 18 heavy (non-hydrogen) atoms. The molecule has 1 aromatic carbocycles. The lowest BCUT2D eigenvalue weighted by Crippen LogP contribution is -2.26. The largest absolute Gasteiger partial charge is 0.494 e. The molecule has 0 amide bonds. The van der Waals surface area contributed by atoms with Crippen molar-refractivity contribution in [2.45, 2.75) is 48.9 Å². The average Bonchev–Trinajstić information content (AvgIpc) is 2.36. The lowest BCUT2D eigenvalue weighted by atomic mass is 9.97. The highest BCUT2D eigenvalue weighted by Crippen LogP contribution is 2.38. The SMILES string of the molecule is CCOc1ccc(N)c(SC2CCCCC2O)c1. The van der Waals surface area contributed by atoms with Crippen molar-refractivity contribution in [3.05, 3.63) is 18.2 Å². The highest BCUT2D eigenvalue weighted by Gasteiger charge is 2.24. The summed E-state index contributed by atoms with van der Waals surface area (Å²) in [5.74, 6) is 0.847. The molecule has 0 bridgehead atoms. The Hall–Kier alpha value is -0.870. The Kier molecular flexibility index (Phi) is 4.78. The van der Waals surface area contributed by atoms with Crippen LogP contribution in [0.1, 0.15) is 32.6 Å². The smallest absolute Gasteiger partial charge is 0.120 e. The van der Waals surface area contributed by atoms with Crippen LogP contribution in [0.4, 0.5) is 5.69 Å². The molecule has 3 nitrogen and oxygen atoms in total. The summed E-state index contributed by atoms with van der Waals surface area (Å²) in [6, 6.07) is 5.74. The van der Waals surface area contributed by atoms with Crippen LogP contribution in [0.2, 0.25) is 0 Å². The van der Waals surface area contributed by atoms with Gasteiger partial charge in [-0.3, -0.25) is 0 Å². The third kappa shape index (κ3) is 3.33. The molecular weight excluding hydrogens is 246 g/mol.